The van der Waals surface area contributed by atoms with Gasteiger partial charge in [-0.3, -0.25) is 14.5 Å². The first-order valence-electron chi connectivity index (χ1n) is 9.67. The zero-order valence-corrected chi connectivity index (χ0v) is 15.9. The highest BCUT2D eigenvalue weighted by molar-refractivity contribution is 5.92. The van der Waals surface area contributed by atoms with E-state index in [1.54, 1.807) is 0 Å². The lowest BCUT2D eigenvalue weighted by Gasteiger charge is -2.23. The van der Waals surface area contributed by atoms with Crippen molar-refractivity contribution in [3.05, 3.63) is 52.4 Å². The van der Waals surface area contributed by atoms with Crippen LogP contribution in [0.3, 0.4) is 0 Å². The molecule has 4 rings (SSSR count). The number of allylic oxidation sites excluding steroid dienone is 1. The number of aldehydes is 1. The minimum Gasteiger partial charge on any atom is -0.488 e. The SMILES string of the molecule is CC(C)n1nccc1C1=C(COc2ccc3c(c2C=O)CN=C3)CCCC1. The molecule has 0 saturated carbocycles. The number of benzene rings is 1. The quantitative estimate of drug-likeness (QED) is 0.704. The number of hydrogen-bond acceptors (Lipinski definition) is 4. The van der Waals surface area contributed by atoms with Crippen molar-refractivity contribution in [1.29, 1.82) is 0 Å². The van der Waals surface area contributed by atoms with Crippen molar-refractivity contribution in [3.8, 4) is 5.75 Å². The topological polar surface area (TPSA) is 56.5 Å². The lowest BCUT2D eigenvalue weighted by atomic mass is 9.90. The Hall–Kier alpha value is -2.69. The van der Waals surface area contributed by atoms with E-state index in [0.29, 0.717) is 30.5 Å². The normalized spacial score (nSPS) is 16.1. The molecule has 5 nitrogen and oxygen atoms in total. The van der Waals surface area contributed by atoms with Gasteiger partial charge in [-0.25, -0.2) is 0 Å². The lowest BCUT2D eigenvalue weighted by molar-refractivity contribution is 0.111. The van der Waals surface area contributed by atoms with Gasteiger partial charge in [0.15, 0.2) is 6.29 Å². The minimum atomic E-state index is 0.324. The molecule has 0 bridgehead atoms. The van der Waals surface area contributed by atoms with E-state index in [2.05, 4.69) is 34.7 Å². The van der Waals surface area contributed by atoms with Crippen LogP contribution in [0.15, 0.2) is 35.0 Å². The van der Waals surface area contributed by atoms with Crippen LogP contribution in [-0.4, -0.2) is 28.9 Å². The number of carbonyl (C=O) groups excluding carboxylic acids is 1. The molecule has 0 atom stereocenters. The largest absolute Gasteiger partial charge is 0.488 e. The molecule has 5 heteroatoms. The Balaban J connectivity index is 1.62. The molecule has 0 N–H and O–H groups in total. The van der Waals surface area contributed by atoms with Crippen molar-refractivity contribution in [3.63, 3.8) is 0 Å². The molecule has 1 aliphatic carbocycles. The summed E-state index contributed by atoms with van der Waals surface area (Å²) >= 11 is 0. The van der Waals surface area contributed by atoms with Crippen LogP contribution >= 0.6 is 0 Å². The molecule has 0 unspecified atom stereocenters. The van der Waals surface area contributed by atoms with Crippen molar-refractivity contribution in [2.75, 3.05) is 6.61 Å². The maximum absolute atomic E-state index is 11.6. The molecular formula is C22H25N3O2. The highest BCUT2D eigenvalue weighted by Crippen LogP contribution is 2.34. The van der Waals surface area contributed by atoms with Gasteiger partial charge in [-0.05, 0) is 80.0 Å². The number of fused-ring (bicyclic) bond motifs is 1. The van der Waals surface area contributed by atoms with E-state index in [4.69, 9.17) is 4.74 Å². The van der Waals surface area contributed by atoms with Gasteiger partial charge in [0.1, 0.15) is 12.4 Å². The predicted octanol–water partition coefficient (Wildman–Crippen LogP) is 4.62. The standard InChI is InChI=1S/C22H25N3O2/c1-15(2)25-21(9-10-24-25)18-6-4-3-5-17(18)14-27-22-8-7-16-11-23-12-19(16)20(22)13-26/h7-11,13,15H,3-6,12,14H2,1-2H3. The molecule has 1 aromatic heterocycles. The fraction of sp³-hybridized carbons (Fsp3) is 0.409. The van der Waals surface area contributed by atoms with Gasteiger partial charge in [-0.15, -0.1) is 0 Å². The second-order valence-corrected chi connectivity index (χ2v) is 7.47. The molecule has 0 radical (unpaired) electrons. The van der Waals surface area contributed by atoms with Crippen LogP contribution in [-0.2, 0) is 6.54 Å². The molecule has 2 aliphatic rings. The lowest BCUT2D eigenvalue weighted by Crippen LogP contribution is -2.13. The summed E-state index contributed by atoms with van der Waals surface area (Å²) in [7, 11) is 0. The van der Waals surface area contributed by atoms with Crippen LogP contribution in [0.5, 0.6) is 5.75 Å². The number of aliphatic imine (C=N–C) groups is 1. The molecule has 2 aromatic rings. The molecule has 0 amide bonds. The molecule has 140 valence electrons. The van der Waals surface area contributed by atoms with Gasteiger partial charge in [0.05, 0.1) is 17.8 Å². The number of aromatic nitrogens is 2. The van der Waals surface area contributed by atoms with Gasteiger partial charge in [0.25, 0.3) is 0 Å². The summed E-state index contributed by atoms with van der Waals surface area (Å²) in [5, 5.41) is 4.49. The van der Waals surface area contributed by atoms with Crippen LogP contribution in [0.4, 0.5) is 0 Å². The first-order chi connectivity index (χ1) is 13.2. The number of carbonyl (C=O) groups is 1. The molecule has 0 spiro atoms. The van der Waals surface area contributed by atoms with Gasteiger partial charge >= 0.3 is 0 Å². The molecular weight excluding hydrogens is 338 g/mol. The Labute approximate surface area is 159 Å². The summed E-state index contributed by atoms with van der Waals surface area (Å²) < 4.78 is 8.23. The van der Waals surface area contributed by atoms with Crippen molar-refractivity contribution >= 4 is 18.1 Å². The van der Waals surface area contributed by atoms with Crippen molar-refractivity contribution in [2.45, 2.75) is 52.1 Å². The van der Waals surface area contributed by atoms with Gasteiger partial charge in [0.2, 0.25) is 0 Å². The third kappa shape index (κ3) is 3.34. The zero-order valence-electron chi connectivity index (χ0n) is 15.9. The van der Waals surface area contributed by atoms with Crippen molar-refractivity contribution < 1.29 is 9.53 Å². The monoisotopic (exact) mass is 363 g/mol. The van der Waals surface area contributed by atoms with E-state index in [9.17, 15) is 4.79 Å². The second-order valence-electron chi connectivity index (χ2n) is 7.47. The summed E-state index contributed by atoms with van der Waals surface area (Å²) in [4.78, 5) is 15.9. The summed E-state index contributed by atoms with van der Waals surface area (Å²) in [5.74, 6) is 0.657. The molecule has 0 fully saturated rings. The zero-order chi connectivity index (χ0) is 18.8. The van der Waals surface area contributed by atoms with E-state index in [1.165, 1.54) is 29.7 Å². The maximum Gasteiger partial charge on any atom is 0.154 e. The fourth-order valence-electron chi connectivity index (χ4n) is 4.01. The average molecular weight is 363 g/mol. The van der Waals surface area contributed by atoms with Gasteiger partial charge < -0.3 is 4.74 Å². The molecule has 0 saturated heterocycles. The van der Waals surface area contributed by atoms with E-state index >= 15 is 0 Å². The van der Waals surface area contributed by atoms with E-state index in [-0.39, 0.29) is 0 Å². The number of nitrogens with zero attached hydrogens (tertiary/aromatic N) is 3. The van der Waals surface area contributed by atoms with Gasteiger partial charge in [-0.2, -0.15) is 5.10 Å². The molecule has 2 heterocycles. The predicted molar refractivity (Wildman–Crippen MR) is 107 cm³/mol. The number of ether oxygens (including phenoxy) is 1. The molecule has 27 heavy (non-hydrogen) atoms. The Morgan fingerprint density at radius 1 is 1.22 bits per heavy atom. The first-order valence-corrected chi connectivity index (χ1v) is 9.67. The Morgan fingerprint density at radius 2 is 2.07 bits per heavy atom. The van der Waals surface area contributed by atoms with Crippen LogP contribution < -0.4 is 4.74 Å². The first kappa shape index (κ1) is 17.7. The third-order valence-corrected chi connectivity index (χ3v) is 5.40. The highest BCUT2D eigenvalue weighted by atomic mass is 16.5. The Morgan fingerprint density at radius 3 is 2.89 bits per heavy atom. The van der Waals surface area contributed by atoms with E-state index < -0.39 is 0 Å². The van der Waals surface area contributed by atoms with Crippen molar-refractivity contribution in [1.82, 2.24) is 9.78 Å². The smallest absolute Gasteiger partial charge is 0.154 e. The highest BCUT2D eigenvalue weighted by Gasteiger charge is 2.21. The summed E-state index contributed by atoms with van der Waals surface area (Å²) in [6.45, 7) is 5.37. The van der Waals surface area contributed by atoms with Crippen LogP contribution in [0.1, 0.15) is 72.8 Å². The number of hydrogen-bond donors (Lipinski definition) is 0. The van der Waals surface area contributed by atoms with E-state index in [0.717, 1.165) is 30.3 Å². The molecule has 1 aromatic carbocycles. The maximum atomic E-state index is 11.6. The summed E-state index contributed by atoms with van der Waals surface area (Å²) in [6, 6.07) is 6.30. The van der Waals surface area contributed by atoms with Crippen molar-refractivity contribution in [2.24, 2.45) is 4.99 Å². The average Bonchev–Trinajstić information content (AvgIpc) is 3.35. The number of rotatable bonds is 6. The van der Waals surface area contributed by atoms with Crippen LogP contribution in [0.25, 0.3) is 5.57 Å². The second kappa shape index (κ2) is 7.51. The molecule has 1 aliphatic heterocycles. The third-order valence-electron chi connectivity index (χ3n) is 5.40. The minimum absolute atomic E-state index is 0.324. The van der Waals surface area contributed by atoms with Crippen LogP contribution in [0, 0.1) is 0 Å². The van der Waals surface area contributed by atoms with Gasteiger partial charge in [-0.1, -0.05) is 0 Å². The fourth-order valence-corrected chi connectivity index (χ4v) is 4.01. The van der Waals surface area contributed by atoms with Gasteiger partial charge in [0, 0.05) is 18.5 Å². The Kier molecular flexibility index (Phi) is 4.92. The summed E-state index contributed by atoms with van der Waals surface area (Å²) in [5.41, 5.74) is 6.49. The summed E-state index contributed by atoms with van der Waals surface area (Å²) in [6.07, 6.45) is 9.04. The van der Waals surface area contributed by atoms with Crippen LogP contribution in [0.2, 0.25) is 0 Å². The Bertz CT molecular complexity index is 922. The van der Waals surface area contributed by atoms with E-state index in [1.807, 2.05) is 24.5 Å².